The highest BCUT2D eigenvalue weighted by Crippen LogP contribution is 2.17. The summed E-state index contributed by atoms with van der Waals surface area (Å²) < 4.78 is 28.2. The van der Waals surface area contributed by atoms with Gasteiger partial charge in [-0.2, -0.15) is 4.39 Å². The zero-order valence-electron chi connectivity index (χ0n) is 30.1. The van der Waals surface area contributed by atoms with Gasteiger partial charge in [0.05, 0.1) is 35.6 Å². The van der Waals surface area contributed by atoms with Gasteiger partial charge in [-0.25, -0.2) is 15.0 Å². The smallest absolute Gasteiger partial charge is 0.255 e. The van der Waals surface area contributed by atoms with E-state index in [0.29, 0.717) is 41.4 Å². The Kier molecular flexibility index (Phi) is 20.8. The van der Waals surface area contributed by atoms with Crippen LogP contribution in [0.1, 0.15) is 60.4 Å². The van der Waals surface area contributed by atoms with Crippen molar-refractivity contribution in [2.24, 2.45) is 0 Å². The number of hydrogen-bond acceptors (Lipinski definition) is 8. The number of aryl methyl sites for hydroxylation is 7. The molecular weight excluding hydrogens is 664 g/mol. The van der Waals surface area contributed by atoms with Crippen LogP contribution in [0.2, 0.25) is 10.0 Å². The van der Waals surface area contributed by atoms with Crippen molar-refractivity contribution in [3.05, 3.63) is 129 Å². The van der Waals surface area contributed by atoms with Gasteiger partial charge in [0.25, 0.3) is 5.95 Å². The molecule has 5 rings (SSSR count). The number of nitrogens with zero attached hydrogens (tertiary/aromatic N) is 5. The van der Waals surface area contributed by atoms with Crippen molar-refractivity contribution in [1.82, 2.24) is 24.9 Å². The van der Waals surface area contributed by atoms with Gasteiger partial charge in [-0.15, -0.1) is 0 Å². The summed E-state index contributed by atoms with van der Waals surface area (Å²) in [5, 5.41) is 1.36. The van der Waals surface area contributed by atoms with Gasteiger partial charge in [0, 0.05) is 46.8 Å². The average molecular weight is 713 g/mol. The first kappa shape index (κ1) is 42.7. The molecule has 5 heterocycles. The number of halogens is 3. The summed E-state index contributed by atoms with van der Waals surface area (Å²) in [4.78, 5) is 20.0. The second kappa shape index (κ2) is 23.9. The molecule has 5 aromatic heterocycles. The lowest BCUT2D eigenvalue weighted by Crippen LogP contribution is -1.97. The van der Waals surface area contributed by atoms with Gasteiger partial charge < -0.3 is 14.2 Å². The lowest BCUT2D eigenvalue weighted by Gasteiger charge is -2.05. The third-order valence-corrected chi connectivity index (χ3v) is 6.57. The number of hydrogen-bond donors (Lipinski definition) is 0. The van der Waals surface area contributed by atoms with E-state index in [4.69, 9.17) is 37.4 Å². The minimum atomic E-state index is -0.535. The van der Waals surface area contributed by atoms with Crippen molar-refractivity contribution in [1.29, 1.82) is 0 Å². The molecule has 0 atom stereocenters. The SMILES string of the molecule is CCOc1ccc(C)nc1F.CCOc1ccc(Cl)c(C)n1.CCOc1nc(C)ccc1C.Cc1ccc(C)nc1.Cc1ccc(Cl)cn1. The quantitative estimate of drug-likeness (QED) is 0.161. The molecule has 0 aromatic carbocycles. The highest BCUT2D eigenvalue weighted by Gasteiger charge is 2.02. The van der Waals surface area contributed by atoms with E-state index < -0.39 is 5.95 Å². The third-order valence-electron chi connectivity index (χ3n) is 5.95. The molecule has 0 N–H and O–H groups in total. The van der Waals surface area contributed by atoms with Crippen LogP contribution in [-0.2, 0) is 0 Å². The fourth-order valence-corrected chi connectivity index (χ4v) is 3.62. The van der Waals surface area contributed by atoms with Crippen LogP contribution in [0, 0.1) is 54.4 Å². The molecule has 0 spiro atoms. The number of rotatable bonds is 6. The van der Waals surface area contributed by atoms with Gasteiger partial charge in [0.15, 0.2) is 5.75 Å². The Labute approximate surface area is 301 Å². The molecule has 0 saturated heterocycles. The van der Waals surface area contributed by atoms with Crippen molar-refractivity contribution in [2.75, 3.05) is 19.8 Å². The van der Waals surface area contributed by atoms with Gasteiger partial charge in [-0.1, -0.05) is 35.3 Å². The Hall–Kier alpha value is -4.34. The predicted molar refractivity (Wildman–Crippen MR) is 198 cm³/mol. The van der Waals surface area contributed by atoms with Crippen molar-refractivity contribution in [3.8, 4) is 17.5 Å². The number of aromatic nitrogens is 5. The van der Waals surface area contributed by atoms with E-state index in [1.54, 1.807) is 44.3 Å². The van der Waals surface area contributed by atoms with Gasteiger partial charge >= 0.3 is 0 Å². The molecule has 0 aliphatic rings. The van der Waals surface area contributed by atoms with Crippen LogP contribution in [0.15, 0.2) is 73.1 Å². The minimum absolute atomic E-state index is 0.220. The van der Waals surface area contributed by atoms with Crippen LogP contribution in [0.5, 0.6) is 17.5 Å². The molecule has 0 unspecified atom stereocenters. The molecule has 11 heteroatoms. The lowest BCUT2D eigenvalue weighted by atomic mass is 10.3. The van der Waals surface area contributed by atoms with Gasteiger partial charge in [0.1, 0.15) is 0 Å². The summed E-state index contributed by atoms with van der Waals surface area (Å²) in [6.45, 7) is 21.0. The van der Waals surface area contributed by atoms with Crippen molar-refractivity contribution < 1.29 is 18.6 Å². The normalized spacial score (nSPS) is 9.57. The highest BCUT2D eigenvalue weighted by molar-refractivity contribution is 6.31. The van der Waals surface area contributed by atoms with Crippen LogP contribution in [0.4, 0.5) is 4.39 Å². The van der Waals surface area contributed by atoms with Gasteiger partial charge in [0.2, 0.25) is 11.8 Å². The van der Waals surface area contributed by atoms with E-state index in [9.17, 15) is 4.39 Å². The maximum atomic E-state index is 12.8. The predicted octanol–water partition coefficient (Wildman–Crippen LogP) is 10.2. The Morgan fingerprint density at radius 3 is 1.63 bits per heavy atom. The molecule has 264 valence electrons. The molecule has 0 saturated carbocycles. The first-order valence-electron chi connectivity index (χ1n) is 15.9. The first-order valence-corrected chi connectivity index (χ1v) is 16.6. The largest absolute Gasteiger partial charge is 0.489 e. The maximum Gasteiger partial charge on any atom is 0.255 e. The zero-order valence-corrected chi connectivity index (χ0v) is 31.7. The molecule has 8 nitrogen and oxygen atoms in total. The average Bonchev–Trinajstić information content (AvgIpc) is 3.06. The lowest BCUT2D eigenvalue weighted by molar-refractivity contribution is 0.316. The van der Waals surface area contributed by atoms with Crippen LogP contribution in [-0.4, -0.2) is 44.7 Å². The molecule has 5 aromatic rings. The highest BCUT2D eigenvalue weighted by atomic mass is 35.5. The minimum Gasteiger partial charge on any atom is -0.489 e. The van der Waals surface area contributed by atoms with Crippen LogP contribution in [0.3, 0.4) is 0 Å². The van der Waals surface area contributed by atoms with Crippen molar-refractivity contribution in [3.63, 3.8) is 0 Å². The Morgan fingerprint density at radius 1 is 0.571 bits per heavy atom. The van der Waals surface area contributed by atoms with Crippen LogP contribution >= 0.6 is 23.2 Å². The number of pyridine rings is 5. The van der Waals surface area contributed by atoms with E-state index in [-0.39, 0.29) is 5.75 Å². The second-order valence-corrected chi connectivity index (χ2v) is 11.3. The standard InChI is InChI=1S/C9H13NO.C8H10ClNO.C8H10FNO.C7H9N.C6H6ClN/c1-4-11-9-7(2)5-6-8(3)10-9;1-3-11-8-5-4-7(9)6(2)10-8;1-3-11-7-5-4-6(2)10-8(7)9;1-6-3-4-7(2)8-5-6;1-5-2-3-6(7)4-8-5/h5-6H,4H2,1-3H3;2*4-5H,3H2,1-2H3;3-5H,1-2H3;2-4H,1H3. The van der Waals surface area contributed by atoms with Gasteiger partial charge in [-0.05, 0) is 117 Å². The molecule has 0 fully saturated rings. The second-order valence-electron chi connectivity index (χ2n) is 10.4. The van der Waals surface area contributed by atoms with E-state index in [1.807, 2.05) is 91.9 Å². The van der Waals surface area contributed by atoms with Crippen molar-refractivity contribution in [2.45, 2.75) is 69.2 Å². The molecule has 49 heavy (non-hydrogen) atoms. The Bertz CT molecular complexity index is 1570. The van der Waals surface area contributed by atoms with E-state index >= 15 is 0 Å². The molecule has 0 amide bonds. The summed E-state index contributed by atoms with van der Waals surface area (Å²) in [6, 6.07) is 18.6. The molecule has 0 aliphatic heterocycles. The van der Waals surface area contributed by atoms with E-state index in [0.717, 1.165) is 34.2 Å². The monoisotopic (exact) mass is 711 g/mol. The molecular formula is C38H48Cl2FN5O3. The molecule has 0 bridgehead atoms. The van der Waals surface area contributed by atoms with Crippen LogP contribution < -0.4 is 14.2 Å². The topological polar surface area (TPSA) is 92.1 Å². The summed E-state index contributed by atoms with van der Waals surface area (Å²) in [6.07, 6.45) is 3.51. The van der Waals surface area contributed by atoms with E-state index in [2.05, 4.69) is 31.0 Å². The summed E-state index contributed by atoms with van der Waals surface area (Å²) in [5.41, 5.74) is 6.85. The van der Waals surface area contributed by atoms with Crippen LogP contribution in [0.25, 0.3) is 0 Å². The Morgan fingerprint density at radius 2 is 1.14 bits per heavy atom. The fourth-order valence-electron chi connectivity index (χ4n) is 3.40. The fraction of sp³-hybridized carbons (Fsp3) is 0.342. The summed E-state index contributed by atoms with van der Waals surface area (Å²) in [7, 11) is 0. The van der Waals surface area contributed by atoms with Gasteiger partial charge in [-0.3, -0.25) is 9.97 Å². The molecule has 0 aliphatic carbocycles. The van der Waals surface area contributed by atoms with Crippen molar-refractivity contribution >= 4 is 23.2 Å². The molecule has 0 radical (unpaired) electrons. The Balaban J connectivity index is 0.000000308. The summed E-state index contributed by atoms with van der Waals surface area (Å²) >= 11 is 11.3. The first-order chi connectivity index (χ1) is 23.3. The zero-order chi connectivity index (χ0) is 36.8. The third kappa shape index (κ3) is 18.7. The number of ether oxygens (including phenoxy) is 3. The maximum absolute atomic E-state index is 12.8. The summed E-state index contributed by atoms with van der Waals surface area (Å²) in [5.74, 6) is 1.08. The van der Waals surface area contributed by atoms with E-state index in [1.165, 1.54) is 5.56 Å².